The molecule has 1 fully saturated rings. The van der Waals surface area contributed by atoms with Crippen molar-refractivity contribution in [3.8, 4) is 0 Å². The van der Waals surface area contributed by atoms with E-state index in [4.69, 9.17) is 5.11 Å². The molecule has 20 heavy (non-hydrogen) atoms. The Bertz CT molecular complexity index is 478. The maximum absolute atomic E-state index is 13.7. The summed E-state index contributed by atoms with van der Waals surface area (Å²) in [6, 6.07) is 4.26. The third kappa shape index (κ3) is 3.23. The van der Waals surface area contributed by atoms with Crippen molar-refractivity contribution in [3.63, 3.8) is 0 Å². The maximum Gasteiger partial charge on any atom is 0.327 e. The lowest BCUT2D eigenvalue weighted by molar-refractivity contribution is -0.386. The molecule has 1 saturated heterocycles. The summed E-state index contributed by atoms with van der Waals surface area (Å²) in [7, 11) is 0. The van der Waals surface area contributed by atoms with Crippen LogP contribution >= 0.6 is 0 Å². The molecule has 6 nitrogen and oxygen atoms in total. The fourth-order valence-electron chi connectivity index (χ4n) is 2.55. The highest BCUT2D eigenvalue weighted by atomic mass is 19.1. The second-order valence-corrected chi connectivity index (χ2v) is 4.83. The van der Waals surface area contributed by atoms with Gasteiger partial charge in [0.05, 0.1) is 11.5 Å². The minimum absolute atomic E-state index is 0.139. The highest BCUT2D eigenvalue weighted by molar-refractivity contribution is 5.64. The lowest BCUT2D eigenvalue weighted by Crippen LogP contribution is -2.39. The molecule has 7 heteroatoms. The Kier molecular flexibility index (Phi) is 4.86. The smallest absolute Gasteiger partial charge is 0.327 e. The first-order valence-electron chi connectivity index (χ1n) is 6.65. The molecule has 2 N–H and O–H groups in total. The van der Waals surface area contributed by atoms with Gasteiger partial charge in [0.2, 0.25) is 5.82 Å². The van der Waals surface area contributed by atoms with Crippen molar-refractivity contribution in [2.24, 2.45) is 0 Å². The molecule has 1 unspecified atom stereocenters. The van der Waals surface area contributed by atoms with Crippen molar-refractivity contribution >= 4 is 11.4 Å². The lowest BCUT2D eigenvalue weighted by Gasteiger charge is -2.26. The third-order valence-corrected chi connectivity index (χ3v) is 3.46. The van der Waals surface area contributed by atoms with Gasteiger partial charge < -0.3 is 15.3 Å². The van der Waals surface area contributed by atoms with E-state index in [1.54, 1.807) is 4.90 Å². The summed E-state index contributed by atoms with van der Waals surface area (Å²) in [5.74, 6) is -0.852. The molecule has 1 heterocycles. The second-order valence-electron chi connectivity index (χ2n) is 4.83. The highest BCUT2D eigenvalue weighted by Gasteiger charge is 2.26. The zero-order valence-electron chi connectivity index (χ0n) is 11.1. The molecule has 1 aliphatic rings. The quantitative estimate of drug-likeness (QED) is 0.607. The number of anilines is 1. The number of hydrogen-bond donors (Lipinski definition) is 2. The molecule has 0 saturated carbocycles. The fourth-order valence-corrected chi connectivity index (χ4v) is 2.55. The van der Waals surface area contributed by atoms with Gasteiger partial charge in [-0.2, -0.15) is 4.39 Å². The fraction of sp³-hybridized carbons (Fsp3) is 0.538. The molecule has 0 spiro atoms. The number of nitrogens with one attached hydrogen (secondary N) is 1. The molecular formula is C13H18FN3O3. The van der Waals surface area contributed by atoms with Crippen LogP contribution in [0.25, 0.3) is 0 Å². The molecule has 0 aliphatic carbocycles. The lowest BCUT2D eigenvalue weighted by atomic mass is 10.1. The predicted octanol–water partition coefficient (Wildman–Crippen LogP) is 1.28. The van der Waals surface area contributed by atoms with Gasteiger partial charge in [-0.05, 0) is 31.5 Å². The largest absolute Gasteiger partial charge is 0.395 e. The van der Waals surface area contributed by atoms with Gasteiger partial charge in [0.1, 0.15) is 5.69 Å². The molecule has 0 radical (unpaired) electrons. The summed E-state index contributed by atoms with van der Waals surface area (Å²) in [6.07, 6.45) is 2.04. The van der Waals surface area contributed by atoms with Gasteiger partial charge in [-0.25, -0.2) is 0 Å². The standard InChI is InChI=1S/C13H18FN3O3/c14-11-4-1-5-12(13(11)17(19)20)16(7-8-18)9-10-3-2-6-15-10/h1,4-5,10,15,18H,2-3,6-9H2. The number of aliphatic hydroxyl groups excluding tert-OH is 1. The molecule has 1 atom stereocenters. The van der Waals surface area contributed by atoms with Crippen molar-refractivity contribution in [1.29, 1.82) is 0 Å². The normalized spacial score (nSPS) is 18.2. The highest BCUT2D eigenvalue weighted by Crippen LogP contribution is 2.31. The number of benzene rings is 1. The molecule has 1 aliphatic heterocycles. The van der Waals surface area contributed by atoms with Crippen LogP contribution in [0.1, 0.15) is 12.8 Å². The maximum atomic E-state index is 13.7. The number of nitro groups is 1. The van der Waals surface area contributed by atoms with E-state index >= 15 is 0 Å². The van der Waals surface area contributed by atoms with Gasteiger partial charge in [0.25, 0.3) is 0 Å². The Morgan fingerprint density at radius 3 is 2.95 bits per heavy atom. The molecule has 1 aromatic carbocycles. The summed E-state index contributed by atoms with van der Waals surface area (Å²) >= 11 is 0. The van der Waals surface area contributed by atoms with Crippen LogP contribution in [0.4, 0.5) is 15.8 Å². The van der Waals surface area contributed by atoms with Crippen LogP contribution in [0.2, 0.25) is 0 Å². The van der Waals surface area contributed by atoms with Crippen molar-refractivity contribution in [3.05, 3.63) is 34.1 Å². The Morgan fingerprint density at radius 2 is 2.35 bits per heavy atom. The Balaban J connectivity index is 2.28. The van der Waals surface area contributed by atoms with Crippen LogP contribution in [0.3, 0.4) is 0 Å². The summed E-state index contributed by atoms with van der Waals surface area (Å²) in [6.45, 7) is 1.54. The van der Waals surface area contributed by atoms with Gasteiger partial charge >= 0.3 is 5.69 Å². The minimum atomic E-state index is -0.852. The second kappa shape index (κ2) is 6.62. The minimum Gasteiger partial charge on any atom is -0.395 e. The number of nitro benzene ring substituents is 1. The van der Waals surface area contributed by atoms with Crippen molar-refractivity contribution in [2.75, 3.05) is 31.1 Å². The van der Waals surface area contributed by atoms with E-state index in [1.165, 1.54) is 12.1 Å². The first-order chi connectivity index (χ1) is 9.63. The van der Waals surface area contributed by atoms with Gasteiger partial charge in [-0.15, -0.1) is 0 Å². The van der Waals surface area contributed by atoms with Gasteiger partial charge in [0.15, 0.2) is 0 Å². The number of halogens is 1. The van der Waals surface area contributed by atoms with Crippen molar-refractivity contribution in [1.82, 2.24) is 5.32 Å². The molecule has 0 amide bonds. The number of nitrogens with zero attached hydrogens (tertiary/aromatic N) is 2. The van der Waals surface area contributed by atoms with E-state index < -0.39 is 16.4 Å². The number of hydrogen-bond acceptors (Lipinski definition) is 5. The average molecular weight is 283 g/mol. The predicted molar refractivity (Wildman–Crippen MR) is 73.4 cm³/mol. The van der Waals surface area contributed by atoms with E-state index in [-0.39, 0.29) is 24.9 Å². The number of rotatable bonds is 6. The summed E-state index contributed by atoms with van der Waals surface area (Å²) in [4.78, 5) is 12.0. The SMILES string of the molecule is O=[N+]([O-])c1c(F)cccc1N(CCO)CC1CCCN1. The average Bonchev–Trinajstić information content (AvgIpc) is 2.90. The number of aliphatic hydroxyl groups is 1. The first kappa shape index (κ1) is 14.7. The molecule has 0 bridgehead atoms. The van der Waals surface area contributed by atoms with E-state index in [9.17, 15) is 14.5 Å². The van der Waals surface area contributed by atoms with Crippen LogP contribution in [-0.2, 0) is 0 Å². The van der Waals surface area contributed by atoms with E-state index in [2.05, 4.69) is 5.32 Å². The molecule has 1 aromatic rings. The molecule has 110 valence electrons. The van der Waals surface area contributed by atoms with E-state index in [0.717, 1.165) is 25.5 Å². The Hall–Kier alpha value is -1.73. The molecule has 2 rings (SSSR count). The van der Waals surface area contributed by atoms with Gasteiger partial charge in [-0.1, -0.05) is 6.07 Å². The van der Waals surface area contributed by atoms with Gasteiger partial charge in [0, 0.05) is 19.1 Å². The van der Waals surface area contributed by atoms with Crippen molar-refractivity contribution in [2.45, 2.75) is 18.9 Å². The van der Waals surface area contributed by atoms with Crippen LogP contribution < -0.4 is 10.2 Å². The number of para-hydroxylation sites is 1. The zero-order chi connectivity index (χ0) is 14.5. The van der Waals surface area contributed by atoms with Crippen LogP contribution in [-0.4, -0.2) is 42.3 Å². The molecule has 0 aromatic heterocycles. The van der Waals surface area contributed by atoms with E-state index in [1.807, 2.05) is 0 Å². The Morgan fingerprint density at radius 1 is 1.55 bits per heavy atom. The monoisotopic (exact) mass is 283 g/mol. The van der Waals surface area contributed by atoms with E-state index in [0.29, 0.717) is 6.54 Å². The van der Waals surface area contributed by atoms with Crippen molar-refractivity contribution < 1.29 is 14.4 Å². The first-order valence-corrected chi connectivity index (χ1v) is 6.65. The third-order valence-electron chi connectivity index (χ3n) is 3.46. The van der Waals surface area contributed by atoms with Crippen LogP contribution in [0.5, 0.6) is 0 Å². The Labute approximate surface area is 116 Å². The zero-order valence-corrected chi connectivity index (χ0v) is 11.1. The summed E-state index contributed by atoms with van der Waals surface area (Å²) < 4.78 is 13.7. The summed E-state index contributed by atoms with van der Waals surface area (Å²) in [5.41, 5.74) is -0.309. The topological polar surface area (TPSA) is 78.6 Å². The summed E-state index contributed by atoms with van der Waals surface area (Å²) in [5, 5.41) is 23.5. The molecular weight excluding hydrogens is 265 g/mol. The van der Waals surface area contributed by atoms with Crippen LogP contribution in [0, 0.1) is 15.9 Å². The van der Waals surface area contributed by atoms with Crippen LogP contribution in [0.15, 0.2) is 18.2 Å². The van der Waals surface area contributed by atoms with Gasteiger partial charge in [-0.3, -0.25) is 10.1 Å².